The van der Waals surface area contributed by atoms with E-state index < -0.39 is 6.04 Å². The summed E-state index contributed by atoms with van der Waals surface area (Å²) in [6, 6.07) is 7.25. The Kier molecular flexibility index (Phi) is 4.18. The summed E-state index contributed by atoms with van der Waals surface area (Å²) in [7, 11) is 1.89. The third-order valence-corrected chi connectivity index (χ3v) is 3.63. The van der Waals surface area contributed by atoms with Crippen LogP contribution in [0, 0.1) is 0 Å². The molecule has 7 heteroatoms. The standard InChI is InChI=1S/C16H18N6O/c1-11(16(23)18-9-14-17-7-8-22(14)2)21-15-12-5-3-4-6-13(12)19-10-20-15/h3-8,10-11H,9H2,1-2H3,(H,18,23)(H,19,20,21). The first-order valence-electron chi connectivity index (χ1n) is 7.35. The van der Waals surface area contributed by atoms with Crippen LogP contribution < -0.4 is 10.6 Å². The molecule has 0 radical (unpaired) electrons. The molecule has 3 aromatic rings. The number of benzene rings is 1. The van der Waals surface area contributed by atoms with Crippen LogP contribution in [0.15, 0.2) is 43.0 Å². The average Bonchev–Trinajstić information content (AvgIpc) is 2.98. The van der Waals surface area contributed by atoms with Crippen LogP contribution in [-0.2, 0) is 18.4 Å². The molecular formula is C16H18N6O. The smallest absolute Gasteiger partial charge is 0.242 e. The fourth-order valence-electron chi connectivity index (χ4n) is 2.28. The number of imidazole rings is 1. The number of para-hydroxylation sites is 1. The lowest BCUT2D eigenvalue weighted by Crippen LogP contribution is -2.37. The molecule has 7 nitrogen and oxygen atoms in total. The van der Waals surface area contributed by atoms with E-state index in [-0.39, 0.29) is 5.91 Å². The minimum absolute atomic E-state index is 0.115. The molecule has 0 aliphatic heterocycles. The van der Waals surface area contributed by atoms with E-state index in [2.05, 4.69) is 25.6 Å². The number of carbonyl (C=O) groups is 1. The van der Waals surface area contributed by atoms with Crippen molar-refractivity contribution in [2.75, 3.05) is 5.32 Å². The monoisotopic (exact) mass is 310 g/mol. The molecule has 2 aromatic heterocycles. The van der Waals surface area contributed by atoms with Crippen molar-refractivity contribution in [2.24, 2.45) is 7.05 Å². The first-order chi connectivity index (χ1) is 11.1. The number of nitrogens with zero attached hydrogens (tertiary/aromatic N) is 4. The first kappa shape index (κ1) is 15.0. The largest absolute Gasteiger partial charge is 0.358 e. The maximum Gasteiger partial charge on any atom is 0.242 e. The van der Waals surface area contributed by atoms with E-state index in [1.807, 2.05) is 42.1 Å². The Balaban J connectivity index is 1.67. The number of aryl methyl sites for hydroxylation is 1. The van der Waals surface area contributed by atoms with Gasteiger partial charge in [0, 0.05) is 24.8 Å². The highest BCUT2D eigenvalue weighted by molar-refractivity contribution is 5.91. The fourth-order valence-corrected chi connectivity index (χ4v) is 2.28. The number of hydrogen-bond donors (Lipinski definition) is 2. The molecule has 1 atom stereocenters. The number of rotatable bonds is 5. The fraction of sp³-hybridized carbons (Fsp3) is 0.250. The molecule has 1 aromatic carbocycles. The quantitative estimate of drug-likeness (QED) is 0.745. The molecule has 3 rings (SSSR count). The van der Waals surface area contributed by atoms with E-state index in [1.165, 1.54) is 6.33 Å². The maximum absolute atomic E-state index is 12.2. The van der Waals surface area contributed by atoms with Gasteiger partial charge >= 0.3 is 0 Å². The Bertz CT molecular complexity index is 823. The molecule has 0 aliphatic carbocycles. The van der Waals surface area contributed by atoms with Crippen LogP contribution in [0.5, 0.6) is 0 Å². The predicted octanol–water partition coefficient (Wildman–Crippen LogP) is 1.48. The summed E-state index contributed by atoms with van der Waals surface area (Å²) in [5, 5.41) is 6.89. The van der Waals surface area contributed by atoms with Crippen molar-refractivity contribution in [1.29, 1.82) is 0 Å². The van der Waals surface area contributed by atoms with Crippen LogP contribution in [0.2, 0.25) is 0 Å². The van der Waals surface area contributed by atoms with Gasteiger partial charge in [0.1, 0.15) is 24.0 Å². The van der Waals surface area contributed by atoms with Crippen LogP contribution in [-0.4, -0.2) is 31.5 Å². The molecule has 118 valence electrons. The normalized spacial score (nSPS) is 12.1. The van der Waals surface area contributed by atoms with E-state index in [0.717, 1.165) is 16.7 Å². The van der Waals surface area contributed by atoms with Crippen molar-refractivity contribution >= 4 is 22.6 Å². The molecule has 0 bridgehead atoms. The Labute approximate surface area is 133 Å². The Hall–Kier alpha value is -2.96. The third kappa shape index (κ3) is 3.28. The minimum atomic E-state index is -0.423. The zero-order valence-corrected chi connectivity index (χ0v) is 13.0. The van der Waals surface area contributed by atoms with Crippen molar-refractivity contribution in [3.8, 4) is 0 Å². The van der Waals surface area contributed by atoms with E-state index in [9.17, 15) is 4.79 Å². The molecular weight excluding hydrogens is 292 g/mol. The molecule has 2 heterocycles. The third-order valence-electron chi connectivity index (χ3n) is 3.63. The highest BCUT2D eigenvalue weighted by Crippen LogP contribution is 2.18. The van der Waals surface area contributed by atoms with Crippen molar-refractivity contribution in [2.45, 2.75) is 19.5 Å². The number of fused-ring (bicyclic) bond motifs is 1. The van der Waals surface area contributed by atoms with Gasteiger partial charge in [-0.2, -0.15) is 0 Å². The van der Waals surface area contributed by atoms with Crippen molar-refractivity contribution in [3.05, 3.63) is 48.8 Å². The predicted molar refractivity (Wildman–Crippen MR) is 87.7 cm³/mol. The van der Waals surface area contributed by atoms with Crippen LogP contribution in [0.3, 0.4) is 0 Å². The second-order valence-electron chi connectivity index (χ2n) is 5.28. The Morgan fingerprint density at radius 3 is 2.87 bits per heavy atom. The van der Waals surface area contributed by atoms with E-state index in [4.69, 9.17) is 0 Å². The Morgan fingerprint density at radius 1 is 1.26 bits per heavy atom. The summed E-state index contributed by atoms with van der Waals surface area (Å²) in [5.74, 6) is 1.34. The molecule has 2 N–H and O–H groups in total. The number of carbonyl (C=O) groups excluding carboxylic acids is 1. The zero-order valence-electron chi connectivity index (χ0n) is 13.0. The molecule has 1 amide bonds. The molecule has 0 fully saturated rings. The van der Waals surface area contributed by atoms with E-state index in [1.54, 1.807) is 13.1 Å². The Morgan fingerprint density at radius 2 is 2.09 bits per heavy atom. The van der Waals surface area contributed by atoms with Gasteiger partial charge in [-0.1, -0.05) is 12.1 Å². The first-order valence-corrected chi connectivity index (χ1v) is 7.35. The number of anilines is 1. The molecule has 23 heavy (non-hydrogen) atoms. The number of nitrogens with one attached hydrogen (secondary N) is 2. The van der Waals surface area contributed by atoms with Crippen molar-refractivity contribution in [3.63, 3.8) is 0 Å². The van der Waals surface area contributed by atoms with Gasteiger partial charge in [-0.15, -0.1) is 0 Å². The summed E-state index contributed by atoms with van der Waals surface area (Å²) in [6.07, 6.45) is 5.04. The van der Waals surface area contributed by atoms with Gasteiger partial charge in [-0.25, -0.2) is 15.0 Å². The van der Waals surface area contributed by atoms with Crippen molar-refractivity contribution in [1.82, 2.24) is 24.8 Å². The molecule has 0 saturated heterocycles. The molecule has 0 saturated carbocycles. The number of amides is 1. The number of hydrogen-bond acceptors (Lipinski definition) is 5. The SMILES string of the molecule is CC(Nc1ncnc2ccccc12)C(=O)NCc1nccn1C. The van der Waals surface area contributed by atoms with Gasteiger partial charge in [0.25, 0.3) is 0 Å². The lowest BCUT2D eigenvalue weighted by molar-refractivity contribution is -0.121. The zero-order chi connectivity index (χ0) is 16.2. The van der Waals surface area contributed by atoms with Crippen molar-refractivity contribution < 1.29 is 4.79 Å². The average molecular weight is 310 g/mol. The summed E-state index contributed by atoms with van der Waals surface area (Å²) < 4.78 is 1.87. The molecule has 0 aliphatic rings. The van der Waals surface area contributed by atoms with Crippen LogP contribution in [0.4, 0.5) is 5.82 Å². The second-order valence-corrected chi connectivity index (χ2v) is 5.28. The topological polar surface area (TPSA) is 84.7 Å². The van der Waals surface area contributed by atoms with Crippen LogP contribution >= 0.6 is 0 Å². The summed E-state index contributed by atoms with van der Waals surface area (Å²) in [5.41, 5.74) is 0.839. The summed E-state index contributed by atoms with van der Waals surface area (Å²) >= 11 is 0. The molecule has 0 spiro atoms. The van der Waals surface area contributed by atoms with Gasteiger partial charge in [0.05, 0.1) is 12.1 Å². The summed E-state index contributed by atoms with van der Waals surface area (Å²) in [6.45, 7) is 2.18. The lowest BCUT2D eigenvalue weighted by Gasteiger charge is -2.15. The van der Waals surface area contributed by atoms with Crippen LogP contribution in [0.1, 0.15) is 12.7 Å². The lowest BCUT2D eigenvalue weighted by atomic mass is 10.2. The molecule has 1 unspecified atom stereocenters. The summed E-state index contributed by atoms with van der Waals surface area (Å²) in [4.78, 5) is 24.9. The highest BCUT2D eigenvalue weighted by Gasteiger charge is 2.15. The van der Waals surface area contributed by atoms with Gasteiger partial charge in [0.2, 0.25) is 5.91 Å². The van der Waals surface area contributed by atoms with Gasteiger partial charge in [-0.05, 0) is 19.1 Å². The van der Waals surface area contributed by atoms with Crippen LogP contribution in [0.25, 0.3) is 10.9 Å². The van der Waals surface area contributed by atoms with Gasteiger partial charge in [-0.3, -0.25) is 4.79 Å². The number of aromatic nitrogens is 4. The second kappa shape index (κ2) is 6.43. The highest BCUT2D eigenvalue weighted by atomic mass is 16.2. The van der Waals surface area contributed by atoms with Gasteiger partial charge < -0.3 is 15.2 Å². The van der Waals surface area contributed by atoms with E-state index in [0.29, 0.717) is 12.4 Å². The van der Waals surface area contributed by atoms with Gasteiger partial charge in [0.15, 0.2) is 0 Å². The minimum Gasteiger partial charge on any atom is -0.358 e. The maximum atomic E-state index is 12.2. The van der Waals surface area contributed by atoms with E-state index >= 15 is 0 Å².